The third-order valence-electron chi connectivity index (χ3n) is 2.43. The summed E-state index contributed by atoms with van der Waals surface area (Å²) in [5, 5.41) is 0. The van der Waals surface area contributed by atoms with Gasteiger partial charge in [0.1, 0.15) is 5.75 Å². The molecule has 0 saturated heterocycles. The Morgan fingerprint density at radius 2 is 1.55 bits per heavy atom. The highest BCUT2D eigenvalue weighted by molar-refractivity contribution is 7.85. The first-order valence-corrected chi connectivity index (χ1v) is 7.60. The summed E-state index contributed by atoms with van der Waals surface area (Å²) < 4.78 is 35.1. The van der Waals surface area contributed by atoms with Gasteiger partial charge in [-0.3, -0.25) is 4.55 Å². The lowest BCUT2D eigenvalue weighted by Crippen LogP contribution is -1.99. The van der Waals surface area contributed by atoms with E-state index in [1.165, 1.54) is 6.07 Å². The smallest absolute Gasteiger partial charge is 0.294 e. The first-order valence-electron chi connectivity index (χ1n) is 6.16. The van der Waals surface area contributed by atoms with Crippen molar-refractivity contribution in [2.75, 3.05) is 6.61 Å². The molecule has 0 heterocycles. The third kappa shape index (κ3) is 5.42. The molecule has 0 atom stereocenters. The molecule has 0 amide bonds. The van der Waals surface area contributed by atoms with Gasteiger partial charge in [0.2, 0.25) is 0 Å². The quantitative estimate of drug-likeness (QED) is 0.882. The Balaban J connectivity index is 0.000000204. The van der Waals surface area contributed by atoms with Crippen LogP contribution in [-0.2, 0) is 10.1 Å². The minimum atomic E-state index is -4.03. The zero-order valence-electron chi connectivity index (χ0n) is 11.5. The summed E-state index contributed by atoms with van der Waals surface area (Å²) in [6.07, 6.45) is 0. The second kappa shape index (κ2) is 7.67. The van der Waals surface area contributed by atoms with Gasteiger partial charge >= 0.3 is 0 Å². The van der Waals surface area contributed by atoms with Gasteiger partial charge < -0.3 is 4.74 Å². The number of para-hydroxylation sites is 1. The minimum Gasteiger partial charge on any atom is -0.494 e. The van der Waals surface area contributed by atoms with Crippen LogP contribution < -0.4 is 4.74 Å². The zero-order valence-corrected chi connectivity index (χ0v) is 12.3. The second-order valence-corrected chi connectivity index (χ2v) is 5.38. The highest BCUT2D eigenvalue weighted by Gasteiger charge is 2.10. The predicted octanol–water partition coefficient (Wildman–Crippen LogP) is 3.33. The van der Waals surface area contributed by atoms with Crippen molar-refractivity contribution in [1.29, 1.82) is 0 Å². The Bertz CT molecular complexity index is 621. The van der Waals surface area contributed by atoms with Crippen molar-refractivity contribution < 1.29 is 17.7 Å². The second-order valence-electron chi connectivity index (χ2n) is 3.99. The van der Waals surface area contributed by atoms with Crippen molar-refractivity contribution in [3.05, 3.63) is 60.2 Å². The molecule has 0 aliphatic heterocycles. The van der Waals surface area contributed by atoms with Crippen LogP contribution in [0.4, 0.5) is 0 Å². The van der Waals surface area contributed by atoms with E-state index in [2.05, 4.69) is 0 Å². The van der Waals surface area contributed by atoms with Crippen molar-refractivity contribution in [2.24, 2.45) is 0 Å². The molecule has 0 spiro atoms. The Kier molecular flexibility index (Phi) is 6.21. The van der Waals surface area contributed by atoms with Gasteiger partial charge in [0, 0.05) is 0 Å². The Hall–Kier alpha value is -1.85. The summed E-state index contributed by atoms with van der Waals surface area (Å²) in [6, 6.07) is 16.1. The molecule has 0 aliphatic carbocycles. The molecule has 0 radical (unpaired) electrons. The summed E-state index contributed by atoms with van der Waals surface area (Å²) in [4.78, 5) is -0.0278. The first kappa shape index (κ1) is 16.2. The largest absolute Gasteiger partial charge is 0.494 e. The van der Waals surface area contributed by atoms with E-state index in [-0.39, 0.29) is 4.90 Å². The van der Waals surface area contributed by atoms with Gasteiger partial charge in [-0.1, -0.05) is 36.4 Å². The Morgan fingerprint density at radius 3 is 2.00 bits per heavy atom. The van der Waals surface area contributed by atoms with Gasteiger partial charge in [0.15, 0.2) is 0 Å². The lowest BCUT2D eigenvalue weighted by Gasteiger charge is -1.99. The molecule has 4 nitrogen and oxygen atoms in total. The van der Waals surface area contributed by atoms with Gasteiger partial charge in [-0.2, -0.15) is 8.42 Å². The summed E-state index contributed by atoms with van der Waals surface area (Å²) in [5.74, 6) is 0.944. The number of ether oxygens (including phenoxy) is 1. The van der Waals surface area contributed by atoms with Crippen molar-refractivity contribution in [2.45, 2.75) is 18.7 Å². The molecule has 5 heteroatoms. The molecule has 2 aromatic carbocycles. The average molecular weight is 294 g/mol. The highest BCUT2D eigenvalue weighted by atomic mass is 32.2. The molecule has 20 heavy (non-hydrogen) atoms. The van der Waals surface area contributed by atoms with Crippen LogP contribution in [0.15, 0.2) is 59.5 Å². The molecule has 1 N–H and O–H groups in total. The molecular formula is C15H18O4S. The van der Waals surface area contributed by atoms with Gasteiger partial charge in [-0.15, -0.1) is 0 Å². The van der Waals surface area contributed by atoms with Crippen LogP contribution in [0.25, 0.3) is 0 Å². The van der Waals surface area contributed by atoms with Gasteiger partial charge in [-0.05, 0) is 37.6 Å². The molecule has 0 saturated carbocycles. The number of rotatable bonds is 3. The fraction of sp³-hybridized carbons (Fsp3) is 0.200. The van der Waals surface area contributed by atoms with Gasteiger partial charge in [0.25, 0.3) is 10.1 Å². The number of aryl methyl sites for hydroxylation is 1. The molecular weight excluding hydrogens is 276 g/mol. The zero-order chi connectivity index (χ0) is 15.0. The van der Waals surface area contributed by atoms with Crippen LogP contribution in [0.3, 0.4) is 0 Å². The van der Waals surface area contributed by atoms with Crippen LogP contribution in [0.5, 0.6) is 5.75 Å². The van der Waals surface area contributed by atoms with E-state index in [0.29, 0.717) is 5.56 Å². The molecule has 0 aromatic heterocycles. The normalized spacial score (nSPS) is 10.3. The van der Waals surface area contributed by atoms with Crippen LogP contribution in [0.1, 0.15) is 12.5 Å². The maximum absolute atomic E-state index is 10.6. The van der Waals surface area contributed by atoms with Gasteiger partial charge in [-0.25, -0.2) is 0 Å². The first-order chi connectivity index (χ1) is 9.45. The summed E-state index contributed by atoms with van der Waals surface area (Å²) in [7, 11) is -4.03. The Morgan fingerprint density at radius 1 is 1.00 bits per heavy atom. The molecule has 0 unspecified atom stereocenters. The van der Waals surface area contributed by atoms with Crippen molar-refractivity contribution in [1.82, 2.24) is 0 Å². The fourth-order valence-electron chi connectivity index (χ4n) is 1.53. The third-order valence-corrected chi connectivity index (χ3v) is 3.44. The maximum atomic E-state index is 10.6. The van der Waals surface area contributed by atoms with Crippen molar-refractivity contribution in [3.8, 4) is 5.75 Å². The summed E-state index contributed by atoms with van der Waals surface area (Å²) >= 11 is 0. The lowest BCUT2D eigenvalue weighted by molar-refractivity contribution is 0.340. The predicted molar refractivity (Wildman–Crippen MR) is 78.6 cm³/mol. The van der Waals surface area contributed by atoms with Crippen molar-refractivity contribution >= 4 is 10.1 Å². The van der Waals surface area contributed by atoms with E-state index in [0.717, 1.165) is 12.4 Å². The summed E-state index contributed by atoms with van der Waals surface area (Å²) in [5.41, 5.74) is 0.551. The molecule has 0 aliphatic rings. The van der Waals surface area contributed by atoms with Crippen LogP contribution in [0.2, 0.25) is 0 Å². The van der Waals surface area contributed by atoms with E-state index in [4.69, 9.17) is 9.29 Å². The van der Waals surface area contributed by atoms with Crippen molar-refractivity contribution in [3.63, 3.8) is 0 Å². The molecule has 2 aromatic rings. The monoisotopic (exact) mass is 294 g/mol. The van der Waals surface area contributed by atoms with Crippen LogP contribution in [-0.4, -0.2) is 19.6 Å². The standard InChI is InChI=1S/C8H10O.C7H8O3S/c1-2-9-8-6-4-3-5-7-8;1-6-4-2-3-5-7(6)11(8,9)10/h3-7H,2H2,1H3;2-5H,1H3,(H,8,9,10). The maximum Gasteiger partial charge on any atom is 0.294 e. The van der Waals surface area contributed by atoms with E-state index in [1.54, 1.807) is 25.1 Å². The molecule has 0 fully saturated rings. The number of benzene rings is 2. The van der Waals surface area contributed by atoms with E-state index >= 15 is 0 Å². The molecule has 0 bridgehead atoms. The van der Waals surface area contributed by atoms with Gasteiger partial charge in [0.05, 0.1) is 11.5 Å². The fourth-order valence-corrected chi connectivity index (χ4v) is 2.25. The van der Waals surface area contributed by atoms with E-state index in [1.807, 2.05) is 37.3 Å². The number of hydrogen-bond donors (Lipinski definition) is 1. The van der Waals surface area contributed by atoms with E-state index in [9.17, 15) is 8.42 Å². The molecule has 2 rings (SSSR count). The highest BCUT2D eigenvalue weighted by Crippen LogP contribution is 2.12. The van der Waals surface area contributed by atoms with Crippen LogP contribution >= 0.6 is 0 Å². The Labute approximate surface area is 119 Å². The number of hydrogen-bond acceptors (Lipinski definition) is 3. The SMILES string of the molecule is CCOc1ccccc1.Cc1ccccc1S(=O)(=O)O. The van der Waals surface area contributed by atoms with E-state index < -0.39 is 10.1 Å². The summed E-state index contributed by atoms with van der Waals surface area (Å²) in [6.45, 7) is 4.35. The molecule has 108 valence electrons. The minimum absolute atomic E-state index is 0.0278. The topological polar surface area (TPSA) is 63.6 Å². The lowest BCUT2D eigenvalue weighted by atomic mass is 10.2. The van der Waals surface area contributed by atoms with Crippen LogP contribution in [0, 0.1) is 6.92 Å². The average Bonchev–Trinajstić information content (AvgIpc) is 2.40.